The van der Waals surface area contributed by atoms with Crippen LogP contribution in [0, 0.1) is 0 Å². The van der Waals surface area contributed by atoms with Gasteiger partial charge in [0, 0.05) is 18.8 Å². The predicted molar refractivity (Wildman–Crippen MR) is 95.1 cm³/mol. The minimum atomic E-state index is -0.261. The molecular formula is C17H15BrN4O2. The fourth-order valence-electron chi connectivity index (χ4n) is 2.53. The van der Waals surface area contributed by atoms with Crippen LogP contribution in [0.3, 0.4) is 0 Å². The van der Waals surface area contributed by atoms with Crippen LogP contribution in [-0.4, -0.2) is 27.5 Å². The molecule has 24 heavy (non-hydrogen) atoms. The van der Waals surface area contributed by atoms with Gasteiger partial charge in [-0.2, -0.15) is 0 Å². The third kappa shape index (κ3) is 2.94. The Balaban J connectivity index is 2.07. The molecule has 1 aromatic carbocycles. The van der Waals surface area contributed by atoms with E-state index >= 15 is 0 Å². The van der Waals surface area contributed by atoms with Gasteiger partial charge in [-0.25, -0.2) is 9.97 Å². The normalized spacial score (nSPS) is 12.1. The number of rotatable bonds is 3. The van der Waals surface area contributed by atoms with Crippen molar-refractivity contribution in [3.63, 3.8) is 0 Å². The number of hydrogen-bond donors (Lipinski definition) is 1. The second kappa shape index (κ2) is 6.52. The number of carbonyl (C=O) groups excluding carboxylic acids is 1. The second-order valence-corrected chi connectivity index (χ2v) is 6.17. The Kier molecular flexibility index (Phi) is 4.44. The molecule has 1 unspecified atom stereocenters. The van der Waals surface area contributed by atoms with Crippen molar-refractivity contribution in [3.8, 4) is 0 Å². The summed E-state index contributed by atoms with van der Waals surface area (Å²) in [5.74, 6) is -0.165. The smallest absolute Gasteiger partial charge is 0.263 e. The van der Waals surface area contributed by atoms with E-state index in [-0.39, 0.29) is 17.5 Å². The number of aromatic nitrogens is 3. The van der Waals surface area contributed by atoms with E-state index in [9.17, 15) is 9.59 Å². The highest BCUT2D eigenvalue weighted by molar-refractivity contribution is 9.10. The lowest BCUT2D eigenvalue weighted by molar-refractivity contribution is 0.0963. The molecular weight excluding hydrogens is 372 g/mol. The first-order valence-corrected chi connectivity index (χ1v) is 8.15. The van der Waals surface area contributed by atoms with Crippen LogP contribution in [0.4, 0.5) is 0 Å². The van der Waals surface area contributed by atoms with Crippen molar-refractivity contribution >= 4 is 32.7 Å². The Morgan fingerprint density at radius 3 is 2.83 bits per heavy atom. The topological polar surface area (TPSA) is 76.9 Å². The van der Waals surface area contributed by atoms with Gasteiger partial charge in [-0.3, -0.25) is 14.2 Å². The van der Waals surface area contributed by atoms with Gasteiger partial charge in [-0.1, -0.05) is 12.1 Å². The fourth-order valence-corrected chi connectivity index (χ4v) is 2.85. The highest BCUT2D eigenvalue weighted by Crippen LogP contribution is 2.19. The van der Waals surface area contributed by atoms with E-state index in [1.54, 1.807) is 35.9 Å². The minimum Gasteiger partial charge on any atom is -0.355 e. The molecule has 0 aliphatic rings. The van der Waals surface area contributed by atoms with E-state index in [1.807, 2.05) is 13.0 Å². The lowest BCUT2D eigenvalue weighted by atomic mass is 10.0. The monoisotopic (exact) mass is 386 g/mol. The molecule has 7 heteroatoms. The zero-order valence-corrected chi connectivity index (χ0v) is 14.7. The average Bonchev–Trinajstić information content (AvgIpc) is 2.60. The zero-order chi connectivity index (χ0) is 17.3. The number of fused-ring (bicyclic) bond motifs is 1. The minimum absolute atomic E-state index is 0.165. The van der Waals surface area contributed by atoms with Crippen LogP contribution < -0.4 is 10.9 Å². The molecule has 3 rings (SSSR count). The Hall–Kier alpha value is -2.54. The predicted octanol–water partition coefficient (Wildman–Crippen LogP) is 2.52. The third-order valence-corrected chi connectivity index (χ3v) is 4.34. The van der Waals surface area contributed by atoms with E-state index in [1.165, 1.54) is 12.5 Å². The standard InChI is InChI=1S/C17H15BrN4O2/c1-10(11-4-3-5-12(6-11)16(23)19-2)22-9-21-14-7-15(18)20-8-13(14)17(22)24/h3-10H,1-2H3,(H,19,23). The molecule has 0 aliphatic carbocycles. The highest BCUT2D eigenvalue weighted by atomic mass is 79.9. The van der Waals surface area contributed by atoms with E-state index in [0.29, 0.717) is 21.1 Å². The van der Waals surface area contributed by atoms with Gasteiger partial charge in [0.1, 0.15) is 4.60 Å². The van der Waals surface area contributed by atoms with Gasteiger partial charge < -0.3 is 5.32 Å². The van der Waals surface area contributed by atoms with Gasteiger partial charge in [0.15, 0.2) is 0 Å². The third-order valence-electron chi connectivity index (χ3n) is 3.91. The molecule has 2 heterocycles. The summed E-state index contributed by atoms with van der Waals surface area (Å²) in [5.41, 5.74) is 1.82. The number of nitrogens with zero attached hydrogens (tertiary/aromatic N) is 3. The van der Waals surface area contributed by atoms with Gasteiger partial charge in [0.25, 0.3) is 11.5 Å². The summed E-state index contributed by atoms with van der Waals surface area (Å²) in [6, 6.07) is 8.64. The van der Waals surface area contributed by atoms with Crippen LogP contribution in [0.1, 0.15) is 28.9 Å². The zero-order valence-electron chi connectivity index (χ0n) is 13.2. The summed E-state index contributed by atoms with van der Waals surface area (Å²) >= 11 is 3.27. The van der Waals surface area contributed by atoms with Crippen LogP contribution in [0.2, 0.25) is 0 Å². The quantitative estimate of drug-likeness (QED) is 0.701. The maximum Gasteiger partial charge on any atom is 0.263 e. The molecule has 0 spiro atoms. The van der Waals surface area contributed by atoms with Gasteiger partial charge in [-0.05, 0) is 46.6 Å². The first kappa shape index (κ1) is 16.3. The molecule has 0 bridgehead atoms. The van der Waals surface area contributed by atoms with Gasteiger partial charge in [0.2, 0.25) is 0 Å². The van der Waals surface area contributed by atoms with Crippen LogP contribution in [-0.2, 0) is 0 Å². The first-order valence-electron chi connectivity index (χ1n) is 7.35. The average molecular weight is 387 g/mol. The molecule has 1 atom stereocenters. The van der Waals surface area contributed by atoms with Gasteiger partial charge in [-0.15, -0.1) is 0 Å². The number of hydrogen-bond acceptors (Lipinski definition) is 4. The number of benzene rings is 1. The van der Waals surface area contributed by atoms with Gasteiger partial charge in [0.05, 0.1) is 23.3 Å². The first-order chi connectivity index (χ1) is 11.5. The number of nitrogens with one attached hydrogen (secondary N) is 1. The maximum absolute atomic E-state index is 12.7. The molecule has 3 aromatic rings. The lowest BCUT2D eigenvalue weighted by Gasteiger charge is -2.16. The fraction of sp³-hybridized carbons (Fsp3) is 0.176. The number of pyridine rings is 1. The van der Waals surface area contributed by atoms with Crippen molar-refractivity contribution in [3.05, 3.63) is 68.9 Å². The maximum atomic E-state index is 12.7. The molecule has 0 fully saturated rings. The highest BCUT2D eigenvalue weighted by Gasteiger charge is 2.14. The molecule has 6 nitrogen and oxygen atoms in total. The summed E-state index contributed by atoms with van der Waals surface area (Å²) in [7, 11) is 1.58. The summed E-state index contributed by atoms with van der Waals surface area (Å²) < 4.78 is 2.17. The van der Waals surface area contributed by atoms with Crippen molar-refractivity contribution in [1.29, 1.82) is 0 Å². The summed E-state index contributed by atoms with van der Waals surface area (Å²) in [4.78, 5) is 32.9. The summed E-state index contributed by atoms with van der Waals surface area (Å²) in [6.45, 7) is 1.89. The second-order valence-electron chi connectivity index (χ2n) is 5.36. The molecule has 1 amide bonds. The van der Waals surface area contributed by atoms with Crippen LogP contribution in [0.5, 0.6) is 0 Å². The molecule has 0 saturated heterocycles. The summed E-state index contributed by atoms with van der Waals surface area (Å²) in [5, 5.41) is 3.05. The Morgan fingerprint density at radius 1 is 1.29 bits per heavy atom. The van der Waals surface area contributed by atoms with E-state index in [2.05, 4.69) is 31.2 Å². The number of amides is 1. The van der Waals surface area contributed by atoms with Gasteiger partial charge >= 0.3 is 0 Å². The molecule has 1 N–H and O–H groups in total. The van der Waals surface area contributed by atoms with E-state index in [0.717, 1.165) is 5.56 Å². The molecule has 122 valence electrons. The van der Waals surface area contributed by atoms with Crippen LogP contribution in [0.25, 0.3) is 10.9 Å². The lowest BCUT2D eigenvalue weighted by Crippen LogP contribution is -2.25. The molecule has 2 aromatic heterocycles. The van der Waals surface area contributed by atoms with Crippen molar-refractivity contribution in [2.75, 3.05) is 7.05 Å². The molecule has 0 aliphatic heterocycles. The van der Waals surface area contributed by atoms with E-state index < -0.39 is 0 Å². The van der Waals surface area contributed by atoms with Crippen LogP contribution >= 0.6 is 15.9 Å². The van der Waals surface area contributed by atoms with Crippen LogP contribution in [0.15, 0.2) is 52.3 Å². The van der Waals surface area contributed by atoms with Crippen molar-refractivity contribution < 1.29 is 4.79 Å². The molecule has 0 saturated carbocycles. The Bertz CT molecular complexity index is 984. The SMILES string of the molecule is CNC(=O)c1cccc(C(C)n2cnc3cc(Br)ncc3c2=O)c1. The Morgan fingerprint density at radius 2 is 2.08 bits per heavy atom. The Labute approximate surface area is 146 Å². The summed E-state index contributed by atoms with van der Waals surface area (Å²) in [6.07, 6.45) is 3.03. The number of carbonyl (C=O) groups is 1. The van der Waals surface area contributed by atoms with Crippen molar-refractivity contribution in [2.24, 2.45) is 0 Å². The van der Waals surface area contributed by atoms with Crippen molar-refractivity contribution in [2.45, 2.75) is 13.0 Å². The van der Waals surface area contributed by atoms with Crippen molar-refractivity contribution in [1.82, 2.24) is 19.9 Å². The largest absolute Gasteiger partial charge is 0.355 e. The van der Waals surface area contributed by atoms with E-state index in [4.69, 9.17) is 0 Å². The molecule has 0 radical (unpaired) electrons. The number of halogens is 1.